The predicted octanol–water partition coefficient (Wildman–Crippen LogP) is 2.52. The average Bonchev–Trinajstić information content (AvgIpc) is 2.35. The van der Waals surface area contributed by atoms with Crippen LogP contribution in [0, 0.1) is 23.1 Å². The van der Waals surface area contributed by atoms with Crippen molar-refractivity contribution in [3.8, 4) is 6.07 Å². The minimum atomic E-state index is -0.475. The Balaban J connectivity index is 2.67. The number of aliphatic hydroxyl groups excluding tert-OH is 1. The third kappa shape index (κ3) is 3.72. The van der Waals surface area contributed by atoms with Crippen molar-refractivity contribution in [3.05, 3.63) is 29.6 Å². The van der Waals surface area contributed by atoms with Gasteiger partial charge < -0.3 is 10.4 Å². The van der Waals surface area contributed by atoms with Crippen LogP contribution in [-0.4, -0.2) is 17.8 Å². The molecule has 0 heterocycles. The molecule has 4 heteroatoms. The van der Waals surface area contributed by atoms with E-state index < -0.39 is 11.9 Å². The zero-order valence-corrected chi connectivity index (χ0v) is 10.1. The number of hydrogen-bond acceptors (Lipinski definition) is 3. The van der Waals surface area contributed by atoms with Crippen molar-refractivity contribution in [1.29, 1.82) is 5.26 Å². The molecule has 2 unspecified atom stereocenters. The summed E-state index contributed by atoms with van der Waals surface area (Å²) < 4.78 is 12.9. The predicted molar refractivity (Wildman–Crippen MR) is 65.1 cm³/mol. The number of benzene rings is 1. The summed E-state index contributed by atoms with van der Waals surface area (Å²) in [7, 11) is 0. The third-order valence-electron chi connectivity index (χ3n) is 2.90. The van der Waals surface area contributed by atoms with Crippen LogP contribution in [0.25, 0.3) is 0 Å². The summed E-state index contributed by atoms with van der Waals surface area (Å²) in [4.78, 5) is 0. The molecule has 0 fully saturated rings. The maximum Gasteiger partial charge on any atom is 0.124 e. The van der Waals surface area contributed by atoms with Crippen molar-refractivity contribution in [3.63, 3.8) is 0 Å². The third-order valence-corrected chi connectivity index (χ3v) is 2.90. The normalized spacial score (nSPS) is 13.8. The number of rotatable bonds is 5. The molecule has 0 saturated carbocycles. The first-order valence-electron chi connectivity index (χ1n) is 5.70. The lowest BCUT2D eigenvalue weighted by atomic mass is 10.0. The Bertz CT molecular complexity index is 414. The van der Waals surface area contributed by atoms with Crippen LogP contribution >= 0.6 is 0 Å². The van der Waals surface area contributed by atoms with E-state index >= 15 is 0 Å². The van der Waals surface area contributed by atoms with Gasteiger partial charge in [-0.05, 0) is 24.1 Å². The van der Waals surface area contributed by atoms with E-state index in [2.05, 4.69) is 5.32 Å². The molecule has 2 atom stereocenters. The highest BCUT2D eigenvalue weighted by atomic mass is 19.1. The first-order valence-corrected chi connectivity index (χ1v) is 5.70. The second-order valence-corrected chi connectivity index (χ2v) is 4.14. The fraction of sp³-hybridized carbons (Fsp3) is 0.462. The standard InChI is InChI=1S/C13H17FN2O/c1-3-9(2)13(17)8-16-12-5-4-11(14)6-10(12)7-15/h4-6,9,13,16-17H,3,8H2,1-2H3. The van der Waals surface area contributed by atoms with Crippen LogP contribution in [0.1, 0.15) is 25.8 Å². The van der Waals surface area contributed by atoms with Crippen LogP contribution < -0.4 is 5.32 Å². The van der Waals surface area contributed by atoms with Gasteiger partial charge in [0.05, 0.1) is 17.4 Å². The summed E-state index contributed by atoms with van der Waals surface area (Å²) in [6.07, 6.45) is 0.411. The van der Waals surface area contributed by atoms with E-state index in [9.17, 15) is 9.50 Å². The fourth-order valence-electron chi connectivity index (χ4n) is 1.45. The van der Waals surface area contributed by atoms with Crippen molar-refractivity contribution in [1.82, 2.24) is 0 Å². The molecule has 2 N–H and O–H groups in total. The molecule has 0 aromatic heterocycles. The molecule has 0 spiro atoms. The van der Waals surface area contributed by atoms with Gasteiger partial charge in [-0.3, -0.25) is 0 Å². The monoisotopic (exact) mass is 236 g/mol. The fourth-order valence-corrected chi connectivity index (χ4v) is 1.45. The number of nitrogens with zero attached hydrogens (tertiary/aromatic N) is 1. The van der Waals surface area contributed by atoms with Gasteiger partial charge in [-0.15, -0.1) is 0 Å². The van der Waals surface area contributed by atoms with E-state index in [1.807, 2.05) is 19.9 Å². The van der Waals surface area contributed by atoms with Crippen LogP contribution in [0.2, 0.25) is 0 Å². The molecule has 3 nitrogen and oxygen atoms in total. The van der Waals surface area contributed by atoms with Gasteiger partial charge in [-0.2, -0.15) is 5.26 Å². The highest BCUT2D eigenvalue weighted by molar-refractivity contribution is 5.57. The van der Waals surface area contributed by atoms with Crippen LogP contribution in [0.4, 0.5) is 10.1 Å². The summed E-state index contributed by atoms with van der Waals surface area (Å²) in [6.45, 7) is 4.32. The molecule has 1 aromatic rings. The summed E-state index contributed by atoms with van der Waals surface area (Å²) >= 11 is 0. The van der Waals surface area contributed by atoms with Crippen molar-refractivity contribution >= 4 is 5.69 Å². The van der Waals surface area contributed by atoms with Crippen molar-refractivity contribution in [2.75, 3.05) is 11.9 Å². The smallest absolute Gasteiger partial charge is 0.124 e. The minimum absolute atomic E-state index is 0.188. The average molecular weight is 236 g/mol. The zero-order valence-electron chi connectivity index (χ0n) is 10.1. The topological polar surface area (TPSA) is 56.0 Å². The maximum absolute atomic E-state index is 12.9. The number of anilines is 1. The molecule has 0 aliphatic heterocycles. The van der Waals surface area contributed by atoms with Gasteiger partial charge >= 0.3 is 0 Å². The van der Waals surface area contributed by atoms with Crippen LogP contribution in [0.15, 0.2) is 18.2 Å². The van der Waals surface area contributed by atoms with Gasteiger partial charge in [0.1, 0.15) is 11.9 Å². The lowest BCUT2D eigenvalue weighted by Crippen LogP contribution is -2.26. The summed E-state index contributed by atoms with van der Waals surface area (Å²) in [6, 6.07) is 5.90. The summed E-state index contributed by atoms with van der Waals surface area (Å²) in [5.74, 6) is -0.247. The van der Waals surface area contributed by atoms with Crippen LogP contribution in [0.3, 0.4) is 0 Å². The second-order valence-electron chi connectivity index (χ2n) is 4.14. The number of nitriles is 1. The Labute approximate surface area is 101 Å². The van der Waals surface area contributed by atoms with E-state index in [0.29, 0.717) is 12.2 Å². The van der Waals surface area contributed by atoms with Gasteiger partial charge in [0, 0.05) is 6.54 Å². The largest absolute Gasteiger partial charge is 0.391 e. The molecule has 0 amide bonds. The Morgan fingerprint density at radius 2 is 2.24 bits per heavy atom. The lowest BCUT2D eigenvalue weighted by Gasteiger charge is -2.18. The highest BCUT2D eigenvalue weighted by Crippen LogP contribution is 2.17. The molecule has 0 bridgehead atoms. The Morgan fingerprint density at radius 1 is 1.53 bits per heavy atom. The minimum Gasteiger partial charge on any atom is -0.391 e. The summed E-state index contributed by atoms with van der Waals surface area (Å²) in [5, 5.41) is 21.6. The number of aliphatic hydroxyl groups is 1. The molecule has 0 saturated heterocycles. The van der Waals surface area contributed by atoms with Crippen molar-refractivity contribution in [2.45, 2.75) is 26.4 Å². The van der Waals surface area contributed by atoms with Gasteiger partial charge in [-0.1, -0.05) is 20.3 Å². The number of hydrogen-bond donors (Lipinski definition) is 2. The number of nitrogens with one attached hydrogen (secondary N) is 1. The molecule has 0 aliphatic rings. The van der Waals surface area contributed by atoms with E-state index in [1.165, 1.54) is 18.2 Å². The van der Waals surface area contributed by atoms with Crippen LogP contribution in [0.5, 0.6) is 0 Å². The van der Waals surface area contributed by atoms with Crippen LogP contribution in [-0.2, 0) is 0 Å². The van der Waals surface area contributed by atoms with Gasteiger partial charge in [0.2, 0.25) is 0 Å². The number of halogens is 1. The maximum atomic E-state index is 12.9. The SMILES string of the molecule is CCC(C)C(O)CNc1ccc(F)cc1C#N. The molecule has 0 radical (unpaired) electrons. The van der Waals surface area contributed by atoms with Gasteiger partial charge in [0.15, 0.2) is 0 Å². The first kappa shape index (κ1) is 13.5. The summed E-state index contributed by atoms with van der Waals surface area (Å²) in [5.41, 5.74) is 0.803. The lowest BCUT2D eigenvalue weighted by molar-refractivity contribution is 0.126. The molecule has 1 rings (SSSR count). The molecule has 92 valence electrons. The van der Waals surface area contributed by atoms with E-state index in [4.69, 9.17) is 5.26 Å². The van der Waals surface area contributed by atoms with E-state index in [0.717, 1.165) is 6.42 Å². The Kier molecular flexibility index (Phi) is 4.92. The first-order chi connectivity index (χ1) is 8.08. The highest BCUT2D eigenvalue weighted by Gasteiger charge is 2.12. The van der Waals surface area contributed by atoms with Crippen molar-refractivity contribution < 1.29 is 9.50 Å². The Morgan fingerprint density at radius 3 is 2.82 bits per heavy atom. The molecule has 17 heavy (non-hydrogen) atoms. The van der Waals surface area contributed by atoms with Gasteiger partial charge in [0.25, 0.3) is 0 Å². The van der Waals surface area contributed by atoms with Gasteiger partial charge in [-0.25, -0.2) is 4.39 Å². The molecule has 1 aromatic carbocycles. The molecular weight excluding hydrogens is 219 g/mol. The Hall–Kier alpha value is -1.60. The van der Waals surface area contributed by atoms with E-state index in [1.54, 1.807) is 0 Å². The van der Waals surface area contributed by atoms with Crippen molar-refractivity contribution in [2.24, 2.45) is 5.92 Å². The molecular formula is C13H17FN2O. The second kappa shape index (κ2) is 6.21. The van der Waals surface area contributed by atoms with E-state index in [-0.39, 0.29) is 11.5 Å². The quantitative estimate of drug-likeness (QED) is 0.826. The zero-order chi connectivity index (χ0) is 12.8. The molecule has 0 aliphatic carbocycles.